The standard InChI is InChI=1S/C13H17N3O3/c17-11-7-10(14-12(15-11)8-1-2-8)16-5-3-9(4-6-16)13(18)19/h7-9H,1-6H2,(H,18,19)(H,14,15,17). The van der Waals surface area contributed by atoms with Crippen molar-refractivity contribution in [1.29, 1.82) is 0 Å². The predicted octanol–water partition coefficient (Wildman–Crippen LogP) is 0.948. The highest BCUT2D eigenvalue weighted by atomic mass is 16.4. The molecule has 0 bridgehead atoms. The molecule has 1 aliphatic carbocycles. The molecule has 0 unspecified atom stereocenters. The molecular formula is C13H17N3O3. The van der Waals surface area contributed by atoms with Crippen LogP contribution in [0.25, 0.3) is 0 Å². The predicted molar refractivity (Wildman–Crippen MR) is 69.4 cm³/mol. The summed E-state index contributed by atoms with van der Waals surface area (Å²) in [5.74, 6) is 0.889. The quantitative estimate of drug-likeness (QED) is 0.848. The Kier molecular flexibility index (Phi) is 3.00. The molecule has 2 heterocycles. The van der Waals surface area contributed by atoms with Crippen LogP contribution in [0.1, 0.15) is 37.4 Å². The van der Waals surface area contributed by atoms with Crippen LogP contribution in [0.5, 0.6) is 0 Å². The largest absolute Gasteiger partial charge is 0.481 e. The van der Waals surface area contributed by atoms with E-state index in [0.717, 1.165) is 18.7 Å². The van der Waals surface area contributed by atoms with E-state index in [2.05, 4.69) is 9.97 Å². The highest BCUT2D eigenvalue weighted by molar-refractivity contribution is 5.70. The van der Waals surface area contributed by atoms with Crippen LogP contribution >= 0.6 is 0 Å². The van der Waals surface area contributed by atoms with Gasteiger partial charge in [0.1, 0.15) is 11.6 Å². The first-order valence-electron chi connectivity index (χ1n) is 6.72. The molecule has 0 atom stereocenters. The van der Waals surface area contributed by atoms with E-state index >= 15 is 0 Å². The van der Waals surface area contributed by atoms with Crippen molar-refractivity contribution in [3.8, 4) is 0 Å². The van der Waals surface area contributed by atoms with Crippen LogP contribution in [0.4, 0.5) is 5.82 Å². The average Bonchev–Trinajstić information content (AvgIpc) is 3.22. The van der Waals surface area contributed by atoms with E-state index in [4.69, 9.17) is 5.11 Å². The molecule has 1 saturated heterocycles. The summed E-state index contributed by atoms with van der Waals surface area (Å²) in [5.41, 5.74) is -0.118. The molecular weight excluding hydrogens is 246 g/mol. The van der Waals surface area contributed by atoms with Crippen LogP contribution in [-0.4, -0.2) is 34.1 Å². The van der Waals surface area contributed by atoms with Gasteiger partial charge in [-0.05, 0) is 25.7 Å². The Morgan fingerprint density at radius 1 is 1.32 bits per heavy atom. The van der Waals surface area contributed by atoms with Gasteiger partial charge >= 0.3 is 5.97 Å². The fraction of sp³-hybridized carbons (Fsp3) is 0.615. The van der Waals surface area contributed by atoms with Crippen LogP contribution in [0.2, 0.25) is 0 Å². The summed E-state index contributed by atoms with van der Waals surface area (Å²) in [4.78, 5) is 31.9. The number of rotatable bonds is 3. The fourth-order valence-corrected chi connectivity index (χ4v) is 2.53. The van der Waals surface area contributed by atoms with Crippen molar-refractivity contribution < 1.29 is 9.90 Å². The highest BCUT2D eigenvalue weighted by Crippen LogP contribution is 2.38. The van der Waals surface area contributed by atoms with Gasteiger partial charge in [-0.3, -0.25) is 9.59 Å². The molecule has 1 saturated carbocycles. The lowest BCUT2D eigenvalue weighted by atomic mass is 9.97. The molecule has 2 aliphatic rings. The van der Waals surface area contributed by atoms with Crippen molar-refractivity contribution in [2.75, 3.05) is 18.0 Å². The van der Waals surface area contributed by atoms with Crippen molar-refractivity contribution in [3.63, 3.8) is 0 Å². The van der Waals surface area contributed by atoms with Crippen LogP contribution < -0.4 is 10.5 Å². The third-order valence-corrected chi connectivity index (χ3v) is 3.88. The first-order chi connectivity index (χ1) is 9.13. The zero-order chi connectivity index (χ0) is 13.4. The van der Waals surface area contributed by atoms with Crippen molar-refractivity contribution in [2.24, 2.45) is 5.92 Å². The van der Waals surface area contributed by atoms with Crippen molar-refractivity contribution in [2.45, 2.75) is 31.6 Å². The van der Waals surface area contributed by atoms with Crippen LogP contribution in [-0.2, 0) is 4.79 Å². The molecule has 2 fully saturated rings. The second-order valence-electron chi connectivity index (χ2n) is 5.36. The van der Waals surface area contributed by atoms with Gasteiger partial charge in [-0.25, -0.2) is 4.98 Å². The summed E-state index contributed by atoms with van der Waals surface area (Å²) in [6.45, 7) is 1.30. The van der Waals surface area contributed by atoms with E-state index in [9.17, 15) is 9.59 Å². The number of carboxylic acids is 1. The molecule has 1 aliphatic heterocycles. The Morgan fingerprint density at radius 2 is 2.00 bits per heavy atom. The number of nitrogens with zero attached hydrogens (tertiary/aromatic N) is 2. The number of aliphatic carboxylic acids is 1. The molecule has 0 radical (unpaired) electrons. The van der Waals surface area contributed by atoms with Gasteiger partial charge in [0.15, 0.2) is 0 Å². The van der Waals surface area contributed by atoms with Gasteiger partial charge in [0.2, 0.25) is 0 Å². The monoisotopic (exact) mass is 263 g/mol. The third-order valence-electron chi connectivity index (χ3n) is 3.88. The van der Waals surface area contributed by atoms with Crippen molar-refractivity contribution >= 4 is 11.8 Å². The zero-order valence-corrected chi connectivity index (χ0v) is 10.6. The first kappa shape index (κ1) is 12.2. The summed E-state index contributed by atoms with van der Waals surface area (Å²) in [6, 6.07) is 1.51. The van der Waals surface area contributed by atoms with Crippen LogP contribution in [0.15, 0.2) is 10.9 Å². The number of aromatic amines is 1. The lowest BCUT2D eigenvalue weighted by molar-refractivity contribution is -0.142. The fourth-order valence-electron chi connectivity index (χ4n) is 2.53. The topological polar surface area (TPSA) is 86.3 Å². The first-order valence-corrected chi connectivity index (χ1v) is 6.72. The molecule has 3 rings (SSSR count). The number of carbonyl (C=O) groups is 1. The Bertz CT molecular complexity index is 542. The van der Waals surface area contributed by atoms with Gasteiger partial charge in [0.05, 0.1) is 5.92 Å². The minimum Gasteiger partial charge on any atom is -0.481 e. The maximum atomic E-state index is 11.6. The Balaban J connectivity index is 1.76. The van der Waals surface area contributed by atoms with E-state index in [1.54, 1.807) is 0 Å². The highest BCUT2D eigenvalue weighted by Gasteiger charge is 2.29. The van der Waals surface area contributed by atoms with E-state index in [0.29, 0.717) is 37.7 Å². The molecule has 6 nitrogen and oxygen atoms in total. The molecule has 1 aromatic heterocycles. The maximum Gasteiger partial charge on any atom is 0.306 e. The number of nitrogens with one attached hydrogen (secondary N) is 1. The lowest BCUT2D eigenvalue weighted by Gasteiger charge is -2.31. The van der Waals surface area contributed by atoms with E-state index in [1.165, 1.54) is 6.07 Å². The van der Waals surface area contributed by atoms with E-state index in [-0.39, 0.29) is 11.5 Å². The summed E-state index contributed by atoms with van der Waals surface area (Å²) >= 11 is 0. The normalized spacial score (nSPS) is 20.5. The van der Waals surface area contributed by atoms with E-state index in [1.807, 2.05) is 4.90 Å². The summed E-state index contributed by atoms with van der Waals surface area (Å²) in [7, 11) is 0. The summed E-state index contributed by atoms with van der Waals surface area (Å²) < 4.78 is 0. The molecule has 0 amide bonds. The summed E-state index contributed by atoms with van der Waals surface area (Å²) in [6.07, 6.45) is 3.41. The van der Waals surface area contributed by atoms with Gasteiger partial charge in [-0.1, -0.05) is 0 Å². The Morgan fingerprint density at radius 3 is 2.58 bits per heavy atom. The van der Waals surface area contributed by atoms with Gasteiger partial charge < -0.3 is 15.0 Å². The average molecular weight is 263 g/mol. The van der Waals surface area contributed by atoms with Gasteiger partial charge in [-0.15, -0.1) is 0 Å². The Labute approximate surface area is 110 Å². The van der Waals surface area contributed by atoms with Gasteiger partial charge in [0, 0.05) is 25.1 Å². The molecule has 2 N–H and O–H groups in total. The Hall–Kier alpha value is -1.85. The molecule has 6 heteroatoms. The van der Waals surface area contributed by atoms with Crippen LogP contribution in [0, 0.1) is 5.92 Å². The molecule has 19 heavy (non-hydrogen) atoms. The summed E-state index contributed by atoms with van der Waals surface area (Å²) in [5, 5.41) is 8.98. The number of hydrogen-bond donors (Lipinski definition) is 2. The number of hydrogen-bond acceptors (Lipinski definition) is 4. The number of piperidine rings is 1. The maximum absolute atomic E-state index is 11.6. The van der Waals surface area contributed by atoms with Gasteiger partial charge in [0.25, 0.3) is 5.56 Å². The number of H-pyrrole nitrogens is 1. The van der Waals surface area contributed by atoms with Gasteiger partial charge in [-0.2, -0.15) is 0 Å². The number of anilines is 1. The molecule has 102 valence electrons. The lowest BCUT2D eigenvalue weighted by Crippen LogP contribution is -2.37. The third kappa shape index (κ3) is 2.62. The second-order valence-corrected chi connectivity index (χ2v) is 5.36. The minimum atomic E-state index is -0.725. The number of carboxylic acid groups (broad SMARTS) is 1. The van der Waals surface area contributed by atoms with Crippen LogP contribution in [0.3, 0.4) is 0 Å². The van der Waals surface area contributed by atoms with Crippen molar-refractivity contribution in [3.05, 3.63) is 22.2 Å². The molecule has 0 aromatic carbocycles. The SMILES string of the molecule is O=C(O)C1CCN(c2cc(=O)[nH]c(C3CC3)n2)CC1. The van der Waals surface area contributed by atoms with E-state index < -0.39 is 5.97 Å². The zero-order valence-electron chi connectivity index (χ0n) is 10.6. The van der Waals surface area contributed by atoms with Crippen molar-refractivity contribution in [1.82, 2.24) is 9.97 Å². The molecule has 1 aromatic rings. The number of aromatic nitrogens is 2. The minimum absolute atomic E-state index is 0.118. The second kappa shape index (κ2) is 4.68. The smallest absolute Gasteiger partial charge is 0.306 e. The molecule has 0 spiro atoms.